The smallest absolute Gasteiger partial charge is 0.138 e. The fourth-order valence-electron chi connectivity index (χ4n) is 5.12. The number of ether oxygens (including phenoxy) is 1. The molecular weight excluding hydrogens is 465 g/mol. The molecule has 37 heavy (non-hydrogen) atoms. The summed E-state index contributed by atoms with van der Waals surface area (Å²) in [6, 6.07) is 23.9. The van der Waals surface area contributed by atoms with Crippen molar-refractivity contribution in [1.29, 1.82) is 0 Å². The molecule has 0 amide bonds. The average molecular weight is 498 g/mol. The third kappa shape index (κ3) is 5.24. The fourth-order valence-corrected chi connectivity index (χ4v) is 5.12. The number of imidazole rings is 1. The van der Waals surface area contributed by atoms with Gasteiger partial charge in [-0.2, -0.15) is 0 Å². The van der Waals surface area contributed by atoms with E-state index >= 15 is 0 Å². The molecule has 2 aliphatic heterocycles. The van der Waals surface area contributed by atoms with Crippen LogP contribution in [-0.2, 0) is 24.4 Å². The molecule has 0 atom stereocenters. The van der Waals surface area contributed by atoms with Gasteiger partial charge in [0, 0.05) is 49.7 Å². The van der Waals surface area contributed by atoms with Crippen LogP contribution in [0.1, 0.15) is 17.0 Å². The second-order valence-electron chi connectivity index (χ2n) is 9.85. The van der Waals surface area contributed by atoms with Crippen molar-refractivity contribution in [2.75, 3.05) is 43.1 Å². The molecular formula is C30H32FN5O. The van der Waals surface area contributed by atoms with E-state index in [1.165, 1.54) is 28.9 Å². The van der Waals surface area contributed by atoms with Gasteiger partial charge in [-0.05, 0) is 61.0 Å². The zero-order valence-corrected chi connectivity index (χ0v) is 21.2. The Morgan fingerprint density at radius 3 is 2.32 bits per heavy atom. The zero-order valence-electron chi connectivity index (χ0n) is 21.2. The van der Waals surface area contributed by atoms with E-state index in [1.807, 2.05) is 0 Å². The predicted molar refractivity (Wildman–Crippen MR) is 146 cm³/mol. The van der Waals surface area contributed by atoms with Crippen LogP contribution in [0.2, 0.25) is 0 Å². The van der Waals surface area contributed by atoms with Crippen LogP contribution in [0.5, 0.6) is 0 Å². The summed E-state index contributed by atoms with van der Waals surface area (Å²) < 4.78 is 21.4. The van der Waals surface area contributed by atoms with Crippen LogP contribution in [0, 0.1) is 12.7 Å². The van der Waals surface area contributed by atoms with E-state index in [9.17, 15) is 4.39 Å². The average Bonchev–Trinajstić information content (AvgIpc) is 3.28. The monoisotopic (exact) mass is 497 g/mol. The maximum Gasteiger partial charge on any atom is 0.138 e. The maximum atomic E-state index is 13.6. The Labute approximate surface area is 217 Å². The Bertz CT molecular complexity index is 1340. The minimum absolute atomic E-state index is 0.244. The second-order valence-corrected chi connectivity index (χ2v) is 9.85. The predicted octanol–water partition coefficient (Wildman–Crippen LogP) is 5.59. The number of nitrogens with one attached hydrogen (secondary N) is 1. The number of anilines is 3. The summed E-state index contributed by atoms with van der Waals surface area (Å²) >= 11 is 0. The molecule has 4 aromatic rings. The SMILES string of the molecule is Cc1ccc(Nc2c(-c3ccc(F)cc3)nc3n2CCN(Cc2ccc(N4CCOCC4)cc2)C3)cc1. The first-order valence-electron chi connectivity index (χ1n) is 13.0. The molecule has 0 radical (unpaired) electrons. The minimum Gasteiger partial charge on any atom is -0.378 e. The van der Waals surface area contributed by atoms with Crippen LogP contribution in [0.15, 0.2) is 72.8 Å². The number of hydrogen-bond acceptors (Lipinski definition) is 5. The Kier molecular flexibility index (Phi) is 6.64. The molecule has 1 N–H and O–H groups in total. The number of benzene rings is 3. The van der Waals surface area contributed by atoms with Crippen molar-refractivity contribution in [2.45, 2.75) is 26.6 Å². The van der Waals surface area contributed by atoms with E-state index in [4.69, 9.17) is 9.72 Å². The highest BCUT2D eigenvalue weighted by atomic mass is 19.1. The van der Waals surface area contributed by atoms with Crippen LogP contribution in [0.4, 0.5) is 21.6 Å². The van der Waals surface area contributed by atoms with E-state index < -0.39 is 0 Å². The Morgan fingerprint density at radius 2 is 1.59 bits per heavy atom. The highest BCUT2D eigenvalue weighted by Gasteiger charge is 2.25. The van der Waals surface area contributed by atoms with Crippen LogP contribution >= 0.6 is 0 Å². The highest BCUT2D eigenvalue weighted by Crippen LogP contribution is 2.33. The van der Waals surface area contributed by atoms with Crippen LogP contribution < -0.4 is 10.2 Å². The van der Waals surface area contributed by atoms with Gasteiger partial charge in [0.05, 0.1) is 19.8 Å². The standard InChI is InChI=1S/C30H32FN5O/c1-22-2-10-26(11-3-22)32-30-29(24-6-8-25(31)9-7-24)33-28-21-34(14-15-36(28)30)20-23-4-12-27(13-5-23)35-16-18-37-19-17-35/h2-13,32H,14-21H2,1H3. The molecule has 3 heterocycles. The molecule has 6 nitrogen and oxygen atoms in total. The first kappa shape index (κ1) is 23.7. The molecule has 0 unspecified atom stereocenters. The number of hydrogen-bond donors (Lipinski definition) is 1. The van der Waals surface area contributed by atoms with Crippen LogP contribution in [-0.4, -0.2) is 47.3 Å². The number of nitrogens with zero attached hydrogens (tertiary/aromatic N) is 4. The lowest BCUT2D eigenvalue weighted by atomic mass is 10.1. The lowest BCUT2D eigenvalue weighted by Gasteiger charge is -2.30. The first-order chi connectivity index (χ1) is 18.1. The molecule has 2 aliphatic rings. The normalized spacial score (nSPS) is 16.0. The van der Waals surface area contributed by atoms with Crippen LogP contribution in [0.3, 0.4) is 0 Å². The molecule has 0 bridgehead atoms. The van der Waals surface area contributed by atoms with Gasteiger partial charge in [-0.1, -0.05) is 29.8 Å². The summed E-state index contributed by atoms with van der Waals surface area (Å²) in [6.07, 6.45) is 0. The summed E-state index contributed by atoms with van der Waals surface area (Å²) in [6.45, 7) is 8.97. The van der Waals surface area contributed by atoms with Crippen molar-refractivity contribution in [3.05, 3.63) is 95.6 Å². The minimum atomic E-state index is -0.244. The fraction of sp³-hybridized carbons (Fsp3) is 0.300. The lowest BCUT2D eigenvalue weighted by Crippen LogP contribution is -2.36. The van der Waals surface area contributed by atoms with Gasteiger partial charge < -0.3 is 19.5 Å². The number of morpholine rings is 1. The van der Waals surface area contributed by atoms with E-state index in [2.05, 4.69) is 75.1 Å². The molecule has 0 saturated carbocycles. The molecule has 1 aromatic heterocycles. The third-order valence-electron chi connectivity index (χ3n) is 7.20. The van der Waals surface area contributed by atoms with Crippen molar-refractivity contribution in [3.8, 4) is 11.3 Å². The van der Waals surface area contributed by atoms with Gasteiger partial charge >= 0.3 is 0 Å². The van der Waals surface area contributed by atoms with E-state index in [0.29, 0.717) is 0 Å². The molecule has 7 heteroatoms. The highest BCUT2D eigenvalue weighted by molar-refractivity contribution is 5.76. The molecule has 1 fully saturated rings. The molecule has 190 valence electrons. The van der Waals surface area contributed by atoms with Crippen molar-refractivity contribution in [1.82, 2.24) is 14.5 Å². The number of fused-ring (bicyclic) bond motifs is 1. The summed E-state index contributed by atoms with van der Waals surface area (Å²) in [7, 11) is 0. The van der Waals surface area contributed by atoms with E-state index in [1.54, 1.807) is 12.1 Å². The number of aryl methyl sites for hydroxylation is 1. The number of aromatic nitrogens is 2. The topological polar surface area (TPSA) is 45.6 Å². The molecule has 6 rings (SSSR count). The van der Waals surface area contributed by atoms with Gasteiger partial charge in [-0.25, -0.2) is 9.37 Å². The Morgan fingerprint density at radius 1 is 0.865 bits per heavy atom. The van der Waals surface area contributed by atoms with Gasteiger partial charge in [-0.3, -0.25) is 4.90 Å². The summed E-state index contributed by atoms with van der Waals surface area (Å²) in [5.41, 5.74) is 6.55. The van der Waals surface area contributed by atoms with Gasteiger partial charge in [0.25, 0.3) is 0 Å². The van der Waals surface area contributed by atoms with Gasteiger partial charge in [-0.15, -0.1) is 0 Å². The van der Waals surface area contributed by atoms with Crippen molar-refractivity contribution < 1.29 is 9.13 Å². The van der Waals surface area contributed by atoms with Gasteiger partial charge in [0.1, 0.15) is 23.2 Å². The second kappa shape index (κ2) is 10.4. The Hall–Kier alpha value is -3.68. The van der Waals surface area contributed by atoms with Crippen molar-refractivity contribution >= 4 is 17.2 Å². The van der Waals surface area contributed by atoms with Crippen molar-refractivity contribution in [3.63, 3.8) is 0 Å². The Balaban J connectivity index is 1.23. The quantitative estimate of drug-likeness (QED) is 0.376. The summed E-state index contributed by atoms with van der Waals surface area (Å²) in [4.78, 5) is 9.87. The largest absolute Gasteiger partial charge is 0.378 e. The maximum absolute atomic E-state index is 13.6. The van der Waals surface area contributed by atoms with E-state index in [-0.39, 0.29) is 5.82 Å². The molecule has 0 aliphatic carbocycles. The first-order valence-corrected chi connectivity index (χ1v) is 13.0. The third-order valence-corrected chi connectivity index (χ3v) is 7.20. The number of rotatable bonds is 6. The molecule has 3 aromatic carbocycles. The zero-order chi connectivity index (χ0) is 25.2. The lowest BCUT2D eigenvalue weighted by molar-refractivity contribution is 0.122. The van der Waals surface area contributed by atoms with Gasteiger partial charge in [0.15, 0.2) is 0 Å². The van der Waals surface area contributed by atoms with E-state index in [0.717, 1.165) is 81.1 Å². The molecule has 0 spiro atoms. The van der Waals surface area contributed by atoms with Crippen molar-refractivity contribution in [2.24, 2.45) is 0 Å². The molecule has 1 saturated heterocycles. The van der Waals surface area contributed by atoms with Crippen LogP contribution in [0.25, 0.3) is 11.3 Å². The summed E-state index contributed by atoms with van der Waals surface area (Å²) in [5.74, 6) is 1.73. The van der Waals surface area contributed by atoms with Gasteiger partial charge in [0.2, 0.25) is 0 Å². The number of halogens is 1. The summed E-state index contributed by atoms with van der Waals surface area (Å²) in [5, 5.41) is 3.60.